The summed E-state index contributed by atoms with van der Waals surface area (Å²) >= 11 is 0. The summed E-state index contributed by atoms with van der Waals surface area (Å²) in [5.41, 5.74) is 1.67. The van der Waals surface area contributed by atoms with E-state index in [-0.39, 0.29) is 12.5 Å². The molecule has 0 fully saturated rings. The summed E-state index contributed by atoms with van der Waals surface area (Å²) in [5, 5.41) is 9.17. The number of hydrogen-bond acceptors (Lipinski definition) is 4. The Morgan fingerprint density at radius 3 is 2.40 bits per heavy atom. The molecular weight excluding hydrogens is 318 g/mol. The van der Waals surface area contributed by atoms with Gasteiger partial charge in [-0.3, -0.25) is 4.79 Å². The molecule has 5 nitrogen and oxygen atoms in total. The molecule has 2 aromatic carbocycles. The minimum atomic E-state index is -0.0974. The average Bonchev–Trinajstić information content (AvgIpc) is 2.66. The number of carbonyl (C=O) groups is 1. The lowest BCUT2D eigenvalue weighted by Crippen LogP contribution is -2.34. The minimum Gasteiger partial charge on any atom is -0.489 e. The van der Waals surface area contributed by atoms with Gasteiger partial charge in [-0.05, 0) is 36.2 Å². The van der Waals surface area contributed by atoms with Crippen molar-refractivity contribution in [1.29, 1.82) is 0 Å². The molecule has 0 spiro atoms. The van der Waals surface area contributed by atoms with Crippen LogP contribution in [0.25, 0.3) is 0 Å². The Morgan fingerprint density at radius 1 is 1.04 bits per heavy atom. The van der Waals surface area contributed by atoms with Gasteiger partial charge in [-0.15, -0.1) is 0 Å². The van der Waals surface area contributed by atoms with Crippen LogP contribution in [0.15, 0.2) is 54.6 Å². The number of ether oxygens (including phenoxy) is 2. The number of benzene rings is 2. The number of carbonyl (C=O) groups excluding carboxylic acids is 1. The van der Waals surface area contributed by atoms with Gasteiger partial charge in [-0.2, -0.15) is 0 Å². The highest BCUT2D eigenvalue weighted by Gasteiger charge is 2.15. The minimum absolute atomic E-state index is 0.0585. The lowest BCUT2D eigenvalue weighted by molar-refractivity contribution is 0.0701. The Bertz CT molecular complexity index is 628. The Hall–Kier alpha value is -2.37. The number of methoxy groups -OCH3 is 1. The maximum Gasteiger partial charge on any atom is 0.253 e. The third-order valence-electron chi connectivity index (χ3n) is 3.78. The zero-order valence-electron chi connectivity index (χ0n) is 14.6. The molecule has 25 heavy (non-hydrogen) atoms. The van der Waals surface area contributed by atoms with E-state index in [4.69, 9.17) is 14.6 Å². The molecule has 0 aromatic heterocycles. The van der Waals surface area contributed by atoms with Gasteiger partial charge in [0, 0.05) is 32.4 Å². The number of aliphatic hydroxyl groups excluding tert-OH is 1. The highest BCUT2D eigenvalue weighted by Crippen LogP contribution is 2.15. The number of rotatable bonds is 10. The Morgan fingerprint density at radius 2 is 1.76 bits per heavy atom. The molecule has 0 aliphatic carbocycles. The first-order chi connectivity index (χ1) is 12.2. The van der Waals surface area contributed by atoms with Crippen molar-refractivity contribution in [3.05, 3.63) is 65.7 Å². The van der Waals surface area contributed by atoms with E-state index in [2.05, 4.69) is 0 Å². The van der Waals surface area contributed by atoms with Crippen LogP contribution in [0, 0.1) is 0 Å². The molecule has 2 rings (SSSR count). The van der Waals surface area contributed by atoms with Crippen LogP contribution in [0.3, 0.4) is 0 Å². The number of amides is 1. The van der Waals surface area contributed by atoms with Crippen molar-refractivity contribution < 1.29 is 19.4 Å². The molecule has 1 N–H and O–H groups in total. The van der Waals surface area contributed by atoms with Crippen molar-refractivity contribution in [2.24, 2.45) is 0 Å². The zero-order chi connectivity index (χ0) is 17.9. The SMILES string of the molecule is COCCCN(CCO)C(=O)c1ccc(OCc2ccccc2)cc1. The topological polar surface area (TPSA) is 59.0 Å². The third kappa shape index (κ3) is 6.21. The van der Waals surface area contributed by atoms with Crippen molar-refractivity contribution in [2.45, 2.75) is 13.0 Å². The lowest BCUT2D eigenvalue weighted by atomic mass is 10.2. The monoisotopic (exact) mass is 343 g/mol. The van der Waals surface area contributed by atoms with Crippen LogP contribution in [-0.4, -0.2) is 49.3 Å². The Kier molecular flexibility index (Phi) is 7.95. The molecule has 0 unspecified atom stereocenters. The average molecular weight is 343 g/mol. The molecule has 134 valence electrons. The molecule has 1 amide bonds. The number of aliphatic hydroxyl groups is 1. The van der Waals surface area contributed by atoms with E-state index >= 15 is 0 Å². The zero-order valence-corrected chi connectivity index (χ0v) is 14.6. The van der Waals surface area contributed by atoms with Gasteiger partial charge in [0.1, 0.15) is 12.4 Å². The van der Waals surface area contributed by atoms with E-state index in [9.17, 15) is 4.79 Å². The fourth-order valence-corrected chi connectivity index (χ4v) is 2.45. The van der Waals surface area contributed by atoms with Crippen LogP contribution in [0.4, 0.5) is 0 Å². The molecule has 0 saturated carbocycles. The van der Waals surface area contributed by atoms with Crippen molar-refractivity contribution >= 4 is 5.91 Å². The molecular formula is C20H25NO4. The summed E-state index contributed by atoms with van der Waals surface area (Å²) in [5.74, 6) is 0.619. The Balaban J connectivity index is 1.93. The molecule has 2 aromatic rings. The van der Waals surface area contributed by atoms with Crippen molar-refractivity contribution in [1.82, 2.24) is 4.90 Å². The van der Waals surface area contributed by atoms with Gasteiger partial charge < -0.3 is 19.5 Å². The molecule has 0 radical (unpaired) electrons. The molecule has 0 saturated heterocycles. The van der Waals surface area contributed by atoms with E-state index < -0.39 is 0 Å². The molecule has 5 heteroatoms. The van der Waals surface area contributed by atoms with E-state index in [1.165, 1.54) is 0 Å². The largest absolute Gasteiger partial charge is 0.489 e. The van der Waals surface area contributed by atoms with Crippen LogP contribution in [-0.2, 0) is 11.3 Å². The van der Waals surface area contributed by atoms with Crippen LogP contribution in [0.1, 0.15) is 22.3 Å². The van der Waals surface area contributed by atoms with Gasteiger partial charge in [0.25, 0.3) is 5.91 Å². The van der Waals surface area contributed by atoms with Gasteiger partial charge >= 0.3 is 0 Å². The maximum absolute atomic E-state index is 12.6. The second kappa shape index (κ2) is 10.5. The summed E-state index contributed by atoms with van der Waals surface area (Å²) in [6.45, 7) is 1.88. The van der Waals surface area contributed by atoms with Crippen LogP contribution < -0.4 is 4.74 Å². The fourth-order valence-electron chi connectivity index (χ4n) is 2.45. The quantitative estimate of drug-likeness (QED) is 0.674. The van der Waals surface area contributed by atoms with Gasteiger partial charge in [0.05, 0.1) is 6.61 Å². The summed E-state index contributed by atoms with van der Waals surface area (Å²) < 4.78 is 10.8. The summed E-state index contributed by atoms with van der Waals surface area (Å²) in [7, 11) is 1.63. The lowest BCUT2D eigenvalue weighted by Gasteiger charge is -2.21. The first kappa shape index (κ1) is 19.0. The summed E-state index contributed by atoms with van der Waals surface area (Å²) in [4.78, 5) is 14.2. The number of hydrogen-bond donors (Lipinski definition) is 1. The van der Waals surface area contributed by atoms with Gasteiger partial charge in [0.2, 0.25) is 0 Å². The first-order valence-electron chi connectivity index (χ1n) is 8.40. The number of nitrogens with zero attached hydrogens (tertiary/aromatic N) is 1. The highest BCUT2D eigenvalue weighted by atomic mass is 16.5. The van der Waals surface area contributed by atoms with E-state index in [1.807, 2.05) is 30.3 Å². The molecule has 0 atom stereocenters. The van der Waals surface area contributed by atoms with Crippen LogP contribution >= 0.6 is 0 Å². The van der Waals surface area contributed by atoms with Crippen molar-refractivity contribution in [3.63, 3.8) is 0 Å². The second-order valence-electron chi connectivity index (χ2n) is 5.66. The van der Waals surface area contributed by atoms with E-state index in [0.717, 1.165) is 12.0 Å². The standard InChI is InChI=1S/C20H25NO4/c1-24-15-5-12-21(13-14-22)20(23)18-8-10-19(11-9-18)25-16-17-6-3-2-4-7-17/h2-4,6-11,22H,5,12-16H2,1H3. The molecule has 0 aliphatic heterocycles. The van der Waals surface area contributed by atoms with Crippen LogP contribution in [0.2, 0.25) is 0 Å². The van der Waals surface area contributed by atoms with Crippen molar-refractivity contribution in [2.75, 3.05) is 33.4 Å². The predicted molar refractivity (Wildman–Crippen MR) is 96.7 cm³/mol. The molecule has 0 aliphatic rings. The molecule has 0 heterocycles. The predicted octanol–water partition coefficient (Wildman–Crippen LogP) is 2.74. The highest BCUT2D eigenvalue weighted by molar-refractivity contribution is 5.94. The van der Waals surface area contributed by atoms with Gasteiger partial charge in [-0.25, -0.2) is 0 Å². The summed E-state index contributed by atoms with van der Waals surface area (Å²) in [6, 6.07) is 17.0. The van der Waals surface area contributed by atoms with E-state index in [1.54, 1.807) is 36.3 Å². The van der Waals surface area contributed by atoms with Crippen LogP contribution in [0.5, 0.6) is 5.75 Å². The third-order valence-corrected chi connectivity index (χ3v) is 3.78. The van der Waals surface area contributed by atoms with E-state index in [0.29, 0.717) is 37.6 Å². The van der Waals surface area contributed by atoms with Gasteiger partial charge in [-0.1, -0.05) is 30.3 Å². The fraction of sp³-hybridized carbons (Fsp3) is 0.350. The Labute approximate surface area is 148 Å². The first-order valence-corrected chi connectivity index (χ1v) is 8.40. The van der Waals surface area contributed by atoms with Gasteiger partial charge in [0.15, 0.2) is 0 Å². The normalized spacial score (nSPS) is 10.5. The smallest absolute Gasteiger partial charge is 0.253 e. The van der Waals surface area contributed by atoms with Crippen molar-refractivity contribution in [3.8, 4) is 5.75 Å². The second-order valence-corrected chi connectivity index (χ2v) is 5.66. The summed E-state index contributed by atoms with van der Waals surface area (Å²) in [6.07, 6.45) is 0.737. The molecule has 0 bridgehead atoms. The maximum atomic E-state index is 12.6.